The molecule has 22 heavy (non-hydrogen) atoms. The monoisotopic (exact) mass is 305 g/mol. The van der Waals surface area contributed by atoms with Gasteiger partial charge in [0.2, 0.25) is 0 Å². The van der Waals surface area contributed by atoms with Crippen molar-refractivity contribution in [3.05, 3.63) is 53.1 Å². The second kappa shape index (κ2) is 6.70. The molecule has 0 aliphatic carbocycles. The van der Waals surface area contributed by atoms with Crippen molar-refractivity contribution in [3.8, 4) is 0 Å². The number of nitrogens with zero attached hydrogens (tertiary/aromatic N) is 2. The van der Waals surface area contributed by atoms with Crippen LogP contribution in [-0.2, 0) is 7.05 Å². The third-order valence-electron chi connectivity index (χ3n) is 3.48. The number of aryl methyl sites for hydroxylation is 1. The SMILES string of the molecule is CC(C)c1cc(C(=O)N[C@H](CO)c2ccc(F)cc2)n(C)n1. The summed E-state index contributed by atoms with van der Waals surface area (Å²) in [5.41, 5.74) is 1.89. The van der Waals surface area contributed by atoms with Crippen LogP contribution in [0.4, 0.5) is 4.39 Å². The molecule has 1 atom stereocenters. The summed E-state index contributed by atoms with van der Waals surface area (Å²) < 4.78 is 14.5. The Morgan fingerprint density at radius 1 is 1.36 bits per heavy atom. The van der Waals surface area contributed by atoms with Crippen molar-refractivity contribution in [2.75, 3.05) is 6.61 Å². The van der Waals surface area contributed by atoms with Crippen molar-refractivity contribution in [1.82, 2.24) is 15.1 Å². The van der Waals surface area contributed by atoms with Gasteiger partial charge in [-0.25, -0.2) is 4.39 Å². The number of carbonyl (C=O) groups is 1. The number of hydrogen-bond acceptors (Lipinski definition) is 3. The average Bonchev–Trinajstić information content (AvgIpc) is 2.88. The molecule has 6 heteroatoms. The average molecular weight is 305 g/mol. The summed E-state index contributed by atoms with van der Waals surface area (Å²) in [6.45, 7) is 3.73. The fourth-order valence-electron chi connectivity index (χ4n) is 2.15. The Morgan fingerprint density at radius 2 is 2.00 bits per heavy atom. The Bertz CT molecular complexity index is 650. The van der Waals surface area contributed by atoms with E-state index in [2.05, 4.69) is 10.4 Å². The summed E-state index contributed by atoms with van der Waals surface area (Å²) in [5.74, 6) is -0.469. The van der Waals surface area contributed by atoms with E-state index < -0.39 is 6.04 Å². The fraction of sp³-hybridized carbons (Fsp3) is 0.375. The maximum atomic E-state index is 13.0. The Balaban J connectivity index is 2.17. The molecule has 2 aromatic rings. The summed E-state index contributed by atoms with van der Waals surface area (Å²) >= 11 is 0. The zero-order valence-corrected chi connectivity index (χ0v) is 12.9. The van der Waals surface area contributed by atoms with Crippen molar-refractivity contribution in [3.63, 3.8) is 0 Å². The molecule has 0 spiro atoms. The molecule has 0 aliphatic rings. The predicted octanol–water partition coefficient (Wildman–Crippen LogP) is 2.15. The van der Waals surface area contributed by atoms with Crippen LogP contribution in [0.2, 0.25) is 0 Å². The van der Waals surface area contributed by atoms with Gasteiger partial charge in [0.15, 0.2) is 0 Å². The molecule has 0 radical (unpaired) electrons. The Labute approximate surface area is 128 Å². The number of aliphatic hydroxyl groups is 1. The molecule has 2 rings (SSSR count). The van der Waals surface area contributed by atoms with Gasteiger partial charge in [-0.15, -0.1) is 0 Å². The second-order valence-corrected chi connectivity index (χ2v) is 5.49. The Hall–Kier alpha value is -2.21. The maximum absolute atomic E-state index is 13.0. The molecule has 1 aromatic carbocycles. The van der Waals surface area contributed by atoms with Gasteiger partial charge in [-0.05, 0) is 29.7 Å². The number of halogens is 1. The first-order valence-electron chi connectivity index (χ1n) is 7.13. The van der Waals surface area contributed by atoms with Crippen LogP contribution < -0.4 is 5.32 Å². The molecule has 0 saturated heterocycles. The van der Waals surface area contributed by atoms with E-state index in [1.807, 2.05) is 13.8 Å². The van der Waals surface area contributed by atoms with E-state index in [0.29, 0.717) is 11.3 Å². The summed E-state index contributed by atoms with van der Waals surface area (Å²) in [6.07, 6.45) is 0. The first-order valence-corrected chi connectivity index (χ1v) is 7.13. The lowest BCUT2D eigenvalue weighted by Gasteiger charge is -2.16. The Morgan fingerprint density at radius 3 is 2.50 bits per heavy atom. The highest BCUT2D eigenvalue weighted by Gasteiger charge is 2.19. The first-order chi connectivity index (χ1) is 10.4. The van der Waals surface area contributed by atoms with Crippen LogP contribution in [0.25, 0.3) is 0 Å². The molecule has 0 bridgehead atoms. The van der Waals surface area contributed by atoms with E-state index in [1.54, 1.807) is 25.2 Å². The van der Waals surface area contributed by atoms with Gasteiger partial charge in [-0.1, -0.05) is 26.0 Å². The van der Waals surface area contributed by atoms with E-state index in [9.17, 15) is 14.3 Å². The highest BCUT2D eigenvalue weighted by Crippen LogP contribution is 2.16. The van der Waals surface area contributed by atoms with Crippen molar-refractivity contribution in [2.45, 2.75) is 25.8 Å². The van der Waals surface area contributed by atoms with Crippen molar-refractivity contribution in [2.24, 2.45) is 7.05 Å². The largest absolute Gasteiger partial charge is 0.394 e. The topological polar surface area (TPSA) is 67.2 Å². The molecule has 0 saturated carbocycles. The lowest BCUT2D eigenvalue weighted by molar-refractivity contribution is 0.0906. The molecule has 1 aromatic heterocycles. The van der Waals surface area contributed by atoms with E-state index in [4.69, 9.17) is 0 Å². The maximum Gasteiger partial charge on any atom is 0.270 e. The summed E-state index contributed by atoms with van der Waals surface area (Å²) in [6, 6.07) is 6.82. The molecule has 2 N–H and O–H groups in total. The van der Waals surface area contributed by atoms with Crippen LogP contribution in [0.5, 0.6) is 0 Å². The summed E-state index contributed by atoms with van der Waals surface area (Å²) in [5, 5.41) is 16.5. The van der Waals surface area contributed by atoms with Crippen LogP contribution in [0.15, 0.2) is 30.3 Å². The standard InChI is InChI=1S/C16H20FN3O2/c1-10(2)13-8-15(20(3)19-13)16(22)18-14(9-21)11-4-6-12(17)7-5-11/h4-8,10,14,21H,9H2,1-3H3,(H,18,22)/t14-/m1/s1. The van der Waals surface area contributed by atoms with Crippen LogP contribution in [0.1, 0.15) is 47.6 Å². The second-order valence-electron chi connectivity index (χ2n) is 5.49. The lowest BCUT2D eigenvalue weighted by Crippen LogP contribution is -2.32. The molecule has 1 heterocycles. The van der Waals surface area contributed by atoms with Crippen molar-refractivity contribution < 1.29 is 14.3 Å². The van der Waals surface area contributed by atoms with Crippen LogP contribution in [0, 0.1) is 5.82 Å². The normalized spacial score (nSPS) is 12.5. The molecule has 1 amide bonds. The number of hydrogen-bond donors (Lipinski definition) is 2. The zero-order chi connectivity index (χ0) is 16.3. The van der Waals surface area contributed by atoms with E-state index >= 15 is 0 Å². The number of carbonyl (C=O) groups excluding carboxylic acids is 1. The van der Waals surface area contributed by atoms with Crippen molar-refractivity contribution >= 4 is 5.91 Å². The Kier molecular flexibility index (Phi) is 4.92. The van der Waals surface area contributed by atoms with Crippen molar-refractivity contribution in [1.29, 1.82) is 0 Å². The van der Waals surface area contributed by atoms with Gasteiger partial charge in [0.1, 0.15) is 11.5 Å². The van der Waals surface area contributed by atoms with Crippen LogP contribution in [-0.4, -0.2) is 27.4 Å². The van der Waals surface area contributed by atoms with Gasteiger partial charge in [0.25, 0.3) is 5.91 Å². The van der Waals surface area contributed by atoms with E-state index in [-0.39, 0.29) is 24.2 Å². The summed E-state index contributed by atoms with van der Waals surface area (Å²) in [4.78, 5) is 12.4. The molecule has 0 fully saturated rings. The van der Waals surface area contributed by atoms with Gasteiger partial charge in [-0.2, -0.15) is 5.10 Å². The lowest BCUT2D eigenvalue weighted by atomic mass is 10.1. The molecular weight excluding hydrogens is 285 g/mol. The van der Waals surface area contributed by atoms with Crippen LogP contribution >= 0.6 is 0 Å². The minimum atomic E-state index is -0.592. The quantitative estimate of drug-likeness (QED) is 0.889. The number of nitrogens with one attached hydrogen (secondary N) is 1. The number of aromatic nitrogens is 2. The zero-order valence-electron chi connectivity index (χ0n) is 12.9. The first kappa shape index (κ1) is 16.2. The molecule has 0 unspecified atom stereocenters. The highest BCUT2D eigenvalue weighted by molar-refractivity contribution is 5.93. The van der Waals surface area contributed by atoms with Gasteiger partial charge in [-0.3, -0.25) is 9.48 Å². The third kappa shape index (κ3) is 3.51. The van der Waals surface area contributed by atoms with Gasteiger partial charge < -0.3 is 10.4 Å². The van der Waals surface area contributed by atoms with E-state index in [0.717, 1.165) is 5.69 Å². The third-order valence-corrected chi connectivity index (χ3v) is 3.48. The predicted molar refractivity (Wildman–Crippen MR) is 81.0 cm³/mol. The molecular formula is C16H20FN3O2. The minimum Gasteiger partial charge on any atom is -0.394 e. The molecule has 5 nitrogen and oxygen atoms in total. The number of amides is 1. The molecule has 118 valence electrons. The van der Waals surface area contributed by atoms with Gasteiger partial charge in [0, 0.05) is 7.05 Å². The highest BCUT2D eigenvalue weighted by atomic mass is 19.1. The van der Waals surface area contributed by atoms with Gasteiger partial charge >= 0.3 is 0 Å². The summed E-state index contributed by atoms with van der Waals surface area (Å²) in [7, 11) is 1.70. The van der Waals surface area contributed by atoms with Gasteiger partial charge in [0.05, 0.1) is 18.3 Å². The van der Waals surface area contributed by atoms with Crippen LogP contribution in [0.3, 0.4) is 0 Å². The minimum absolute atomic E-state index is 0.221. The fourth-order valence-corrected chi connectivity index (χ4v) is 2.15. The number of aliphatic hydroxyl groups excluding tert-OH is 1. The van der Waals surface area contributed by atoms with E-state index in [1.165, 1.54) is 16.8 Å². The number of benzene rings is 1. The number of rotatable bonds is 5. The smallest absolute Gasteiger partial charge is 0.270 e. The molecule has 0 aliphatic heterocycles.